The SMILES string of the molecule is COC(=O)C[C@H](COCc1ccccc1)Sc1ccc(OC)cc1. The molecule has 4 nitrogen and oxygen atoms in total. The van der Waals surface area contributed by atoms with Crippen molar-refractivity contribution in [2.45, 2.75) is 23.2 Å². The summed E-state index contributed by atoms with van der Waals surface area (Å²) in [5.41, 5.74) is 1.11. The molecule has 0 heterocycles. The summed E-state index contributed by atoms with van der Waals surface area (Å²) in [6.07, 6.45) is 0.308. The smallest absolute Gasteiger partial charge is 0.306 e. The Labute approximate surface area is 147 Å². The average molecular weight is 346 g/mol. The second-order valence-corrected chi connectivity index (χ2v) is 6.57. The fraction of sp³-hybridized carbons (Fsp3) is 0.316. The van der Waals surface area contributed by atoms with Crippen molar-refractivity contribution in [3.8, 4) is 5.75 Å². The lowest BCUT2D eigenvalue weighted by molar-refractivity contribution is -0.140. The van der Waals surface area contributed by atoms with Crippen molar-refractivity contribution in [1.29, 1.82) is 0 Å². The maximum absolute atomic E-state index is 11.6. The molecule has 0 saturated carbocycles. The van der Waals surface area contributed by atoms with Gasteiger partial charge in [-0.05, 0) is 29.8 Å². The van der Waals surface area contributed by atoms with Gasteiger partial charge in [0.05, 0.1) is 33.9 Å². The van der Waals surface area contributed by atoms with Crippen LogP contribution in [-0.2, 0) is 20.9 Å². The lowest BCUT2D eigenvalue weighted by Crippen LogP contribution is -2.18. The number of carbonyl (C=O) groups is 1. The molecule has 0 N–H and O–H groups in total. The molecule has 1 atom stereocenters. The Balaban J connectivity index is 1.91. The highest BCUT2D eigenvalue weighted by Gasteiger charge is 2.16. The first-order valence-corrected chi connectivity index (χ1v) is 8.58. The van der Waals surface area contributed by atoms with E-state index in [4.69, 9.17) is 14.2 Å². The van der Waals surface area contributed by atoms with Gasteiger partial charge in [-0.1, -0.05) is 30.3 Å². The molecule has 0 aliphatic carbocycles. The highest BCUT2D eigenvalue weighted by Crippen LogP contribution is 2.28. The van der Waals surface area contributed by atoms with E-state index in [0.29, 0.717) is 19.6 Å². The Bertz CT molecular complexity index is 613. The van der Waals surface area contributed by atoms with Gasteiger partial charge in [-0.15, -0.1) is 11.8 Å². The van der Waals surface area contributed by atoms with Crippen molar-refractivity contribution in [2.75, 3.05) is 20.8 Å². The van der Waals surface area contributed by atoms with Crippen LogP contribution < -0.4 is 4.74 Å². The second-order valence-electron chi connectivity index (χ2n) is 5.20. The van der Waals surface area contributed by atoms with Gasteiger partial charge in [-0.3, -0.25) is 4.79 Å². The van der Waals surface area contributed by atoms with Gasteiger partial charge in [0.15, 0.2) is 0 Å². The Hall–Kier alpha value is -1.98. The summed E-state index contributed by atoms with van der Waals surface area (Å²) >= 11 is 1.61. The van der Waals surface area contributed by atoms with Crippen LogP contribution in [0.5, 0.6) is 5.75 Å². The fourth-order valence-corrected chi connectivity index (χ4v) is 3.19. The third-order valence-corrected chi connectivity index (χ3v) is 4.58. The zero-order valence-electron chi connectivity index (χ0n) is 13.9. The number of esters is 1. The second kappa shape index (κ2) is 10.0. The number of rotatable bonds is 9. The molecule has 24 heavy (non-hydrogen) atoms. The predicted octanol–water partition coefficient (Wildman–Crippen LogP) is 3.94. The first kappa shape index (κ1) is 18.4. The molecule has 0 fully saturated rings. The molecule has 0 aliphatic heterocycles. The van der Waals surface area contributed by atoms with Crippen LogP contribution in [0.2, 0.25) is 0 Å². The van der Waals surface area contributed by atoms with Crippen LogP contribution in [0.3, 0.4) is 0 Å². The van der Waals surface area contributed by atoms with Crippen molar-refractivity contribution in [3.63, 3.8) is 0 Å². The van der Waals surface area contributed by atoms with Crippen LogP contribution in [0, 0.1) is 0 Å². The van der Waals surface area contributed by atoms with E-state index in [-0.39, 0.29) is 11.2 Å². The summed E-state index contributed by atoms with van der Waals surface area (Å²) in [6, 6.07) is 17.7. The first-order valence-electron chi connectivity index (χ1n) is 7.70. The molecule has 0 unspecified atom stereocenters. The van der Waals surface area contributed by atoms with E-state index in [2.05, 4.69) is 0 Å². The largest absolute Gasteiger partial charge is 0.497 e. The fourth-order valence-electron chi connectivity index (χ4n) is 2.13. The van der Waals surface area contributed by atoms with Crippen molar-refractivity contribution < 1.29 is 19.0 Å². The number of hydrogen-bond donors (Lipinski definition) is 0. The Morgan fingerprint density at radius 1 is 1.04 bits per heavy atom. The lowest BCUT2D eigenvalue weighted by Gasteiger charge is -2.16. The summed E-state index contributed by atoms with van der Waals surface area (Å²) in [7, 11) is 3.04. The molecular weight excluding hydrogens is 324 g/mol. The van der Waals surface area contributed by atoms with Gasteiger partial charge < -0.3 is 14.2 Å². The van der Waals surface area contributed by atoms with Crippen LogP contribution in [0.4, 0.5) is 0 Å². The Morgan fingerprint density at radius 3 is 2.38 bits per heavy atom. The van der Waals surface area contributed by atoms with Gasteiger partial charge in [0.25, 0.3) is 0 Å². The summed E-state index contributed by atoms with van der Waals surface area (Å²) in [6.45, 7) is 1.00. The molecule has 0 aliphatic rings. The molecule has 0 bridgehead atoms. The van der Waals surface area contributed by atoms with Crippen molar-refractivity contribution in [3.05, 3.63) is 60.2 Å². The van der Waals surface area contributed by atoms with Crippen LogP contribution in [-0.4, -0.2) is 32.0 Å². The van der Waals surface area contributed by atoms with Crippen LogP contribution >= 0.6 is 11.8 Å². The maximum Gasteiger partial charge on any atom is 0.306 e. The van der Waals surface area contributed by atoms with Gasteiger partial charge in [0.2, 0.25) is 0 Å². The standard InChI is InChI=1S/C19H22O4S/c1-21-16-8-10-17(11-9-16)24-18(12-19(20)22-2)14-23-13-15-6-4-3-5-7-15/h3-11,18H,12-14H2,1-2H3/t18-/m1/s1. The number of thioether (sulfide) groups is 1. The third kappa shape index (κ3) is 6.26. The molecule has 2 aromatic rings. The zero-order valence-corrected chi connectivity index (χ0v) is 14.8. The molecule has 0 spiro atoms. The normalized spacial score (nSPS) is 11.8. The minimum atomic E-state index is -0.232. The summed E-state index contributed by atoms with van der Waals surface area (Å²) in [4.78, 5) is 12.7. The number of methoxy groups -OCH3 is 2. The number of carbonyl (C=O) groups excluding carboxylic acids is 1. The average Bonchev–Trinajstić information content (AvgIpc) is 2.63. The van der Waals surface area contributed by atoms with Crippen LogP contribution in [0.15, 0.2) is 59.5 Å². The maximum atomic E-state index is 11.6. The lowest BCUT2D eigenvalue weighted by atomic mass is 10.2. The monoisotopic (exact) mass is 346 g/mol. The summed E-state index contributed by atoms with van der Waals surface area (Å²) in [5, 5.41) is -0.00504. The molecule has 0 saturated heterocycles. The van der Waals surface area contributed by atoms with Crippen LogP contribution in [0.25, 0.3) is 0 Å². The molecule has 0 radical (unpaired) electrons. The first-order chi connectivity index (χ1) is 11.7. The van der Waals surface area contributed by atoms with E-state index in [1.54, 1.807) is 18.9 Å². The molecule has 128 valence electrons. The van der Waals surface area contributed by atoms with Gasteiger partial charge in [0.1, 0.15) is 5.75 Å². The topological polar surface area (TPSA) is 44.8 Å². The van der Waals surface area contributed by atoms with Crippen molar-refractivity contribution in [1.82, 2.24) is 0 Å². The van der Waals surface area contributed by atoms with E-state index < -0.39 is 0 Å². The molecule has 2 rings (SSSR count). The summed E-state index contributed by atoms with van der Waals surface area (Å²) < 4.78 is 15.7. The van der Waals surface area contributed by atoms with Crippen molar-refractivity contribution in [2.24, 2.45) is 0 Å². The van der Waals surface area contributed by atoms with E-state index in [1.165, 1.54) is 7.11 Å². The number of ether oxygens (including phenoxy) is 3. The predicted molar refractivity (Wildman–Crippen MR) is 95.4 cm³/mol. The molecule has 0 amide bonds. The van der Waals surface area contributed by atoms with E-state index >= 15 is 0 Å². The van der Waals surface area contributed by atoms with E-state index in [1.807, 2.05) is 54.6 Å². The van der Waals surface area contributed by atoms with Gasteiger partial charge in [0, 0.05) is 10.1 Å². The Morgan fingerprint density at radius 2 is 1.75 bits per heavy atom. The minimum Gasteiger partial charge on any atom is -0.497 e. The quantitative estimate of drug-likeness (QED) is 0.508. The van der Waals surface area contributed by atoms with Gasteiger partial charge in [-0.2, -0.15) is 0 Å². The molecule has 5 heteroatoms. The highest BCUT2D eigenvalue weighted by molar-refractivity contribution is 8.00. The molecule has 2 aromatic carbocycles. The Kier molecular flexibility index (Phi) is 7.65. The van der Waals surface area contributed by atoms with Crippen molar-refractivity contribution >= 4 is 17.7 Å². The zero-order chi connectivity index (χ0) is 17.2. The summed E-state index contributed by atoms with van der Waals surface area (Å²) in [5.74, 6) is 0.577. The highest BCUT2D eigenvalue weighted by atomic mass is 32.2. The van der Waals surface area contributed by atoms with Gasteiger partial charge >= 0.3 is 5.97 Å². The van der Waals surface area contributed by atoms with Gasteiger partial charge in [-0.25, -0.2) is 0 Å². The van der Waals surface area contributed by atoms with E-state index in [0.717, 1.165) is 16.2 Å². The number of hydrogen-bond acceptors (Lipinski definition) is 5. The molecular formula is C19H22O4S. The molecule has 0 aromatic heterocycles. The minimum absolute atomic E-state index is 0.00504. The number of benzene rings is 2. The van der Waals surface area contributed by atoms with Crippen LogP contribution in [0.1, 0.15) is 12.0 Å². The van der Waals surface area contributed by atoms with E-state index in [9.17, 15) is 4.79 Å². The third-order valence-electron chi connectivity index (χ3n) is 3.40.